The predicted octanol–water partition coefficient (Wildman–Crippen LogP) is 3.19. The van der Waals surface area contributed by atoms with Gasteiger partial charge >= 0.3 is 0 Å². The molecule has 0 fully saturated rings. The van der Waals surface area contributed by atoms with Crippen LogP contribution in [-0.2, 0) is 0 Å². The van der Waals surface area contributed by atoms with Gasteiger partial charge in [-0.2, -0.15) is 5.26 Å². The van der Waals surface area contributed by atoms with Crippen molar-refractivity contribution in [3.8, 4) is 6.07 Å². The monoisotopic (exact) mass is 224 g/mol. The maximum absolute atomic E-state index is 12.7. The number of nitriles is 1. The van der Waals surface area contributed by atoms with Gasteiger partial charge in [0.2, 0.25) is 0 Å². The summed E-state index contributed by atoms with van der Waals surface area (Å²) in [6.07, 6.45) is 2.49. The van der Waals surface area contributed by atoms with Gasteiger partial charge in [-0.1, -0.05) is 0 Å². The zero-order valence-corrected chi connectivity index (χ0v) is 9.19. The van der Waals surface area contributed by atoms with Crippen molar-refractivity contribution < 1.29 is 4.39 Å². The van der Waals surface area contributed by atoms with E-state index in [1.807, 2.05) is 0 Å². The van der Waals surface area contributed by atoms with Crippen molar-refractivity contribution in [1.29, 1.82) is 5.26 Å². The van der Waals surface area contributed by atoms with E-state index in [0.717, 1.165) is 23.5 Å². The van der Waals surface area contributed by atoms with Crippen LogP contribution in [0.1, 0.15) is 19.3 Å². The minimum atomic E-state index is -0.304. The van der Waals surface area contributed by atoms with Crippen molar-refractivity contribution >= 4 is 17.4 Å². The molecule has 0 atom stereocenters. The van der Waals surface area contributed by atoms with Gasteiger partial charge in [0.1, 0.15) is 5.82 Å². The second kappa shape index (κ2) is 6.31. The first-order valence-electron chi connectivity index (χ1n) is 4.79. The first-order valence-corrected chi connectivity index (χ1v) is 5.77. The molecule has 0 aliphatic carbocycles. The first-order chi connectivity index (χ1) is 7.24. The molecule has 0 spiro atoms. The number of nitrogens with zero attached hydrogens (tertiary/aromatic N) is 1. The Hall–Kier alpha value is -1.21. The summed E-state index contributed by atoms with van der Waals surface area (Å²) in [5.41, 5.74) is 6.14. The molecule has 0 heterocycles. The summed E-state index contributed by atoms with van der Waals surface area (Å²) >= 11 is 1.61. The Morgan fingerprint density at radius 3 is 2.87 bits per heavy atom. The van der Waals surface area contributed by atoms with Crippen molar-refractivity contribution in [3.05, 3.63) is 24.0 Å². The summed E-state index contributed by atoms with van der Waals surface area (Å²) in [6, 6.07) is 6.54. The van der Waals surface area contributed by atoms with Gasteiger partial charge in [0.25, 0.3) is 0 Å². The maximum atomic E-state index is 12.7. The Labute approximate surface area is 93.3 Å². The molecule has 0 saturated carbocycles. The SMILES string of the molecule is N#CCCCCSc1ccc(F)cc1N. The summed E-state index contributed by atoms with van der Waals surface area (Å²) < 4.78 is 12.7. The number of hydrogen-bond donors (Lipinski definition) is 1. The van der Waals surface area contributed by atoms with E-state index >= 15 is 0 Å². The van der Waals surface area contributed by atoms with Crippen LogP contribution in [0, 0.1) is 17.1 Å². The minimum Gasteiger partial charge on any atom is -0.398 e. The first kappa shape index (κ1) is 11.9. The van der Waals surface area contributed by atoms with E-state index in [4.69, 9.17) is 11.0 Å². The number of unbranched alkanes of at least 4 members (excludes halogenated alkanes) is 2. The van der Waals surface area contributed by atoms with E-state index in [0.29, 0.717) is 12.1 Å². The lowest BCUT2D eigenvalue weighted by molar-refractivity contribution is 0.627. The number of anilines is 1. The number of benzene rings is 1. The number of rotatable bonds is 5. The molecule has 1 aromatic carbocycles. The lowest BCUT2D eigenvalue weighted by Crippen LogP contribution is -1.90. The van der Waals surface area contributed by atoms with Crippen molar-refractivity contribution in [1.82, 2.24) is 0 Å². The van der Waals surface area contributed by atoms with Crippen molar-refractivity contribution in [2.75, 3.05) is 11.5 Å². The molecular weight excluding hydrogens is 211 g/mol. The maximum Gasteiger partial charge on any atom is 0.125 e. The number of halogens is 1. The van der Waals surface area contributed by atoms with Gasteiger partial charge in [-0.25, -0.2) is 4.39 Å². The third kappa shape index (κ3) is 4.22. The molecule has 1 rings (SSSR count). The van der Waals surface area contributed by atoms with Crippen LogP contribution in [0.4, 0.5) is 10.1 Å². The standard InChI is InChI=1S/C11H13FN2S/c12-9-4-5-11(10(14)8-9)15-7-3-1-2-6-13/h4-5,8H,1-3,7,14H2. The second-order valence-electron chi connectivity index (χ2n) is 3.15. The molecular formula is C11H13FN2S. The van der Waals surface area contributed by atoms with Crippen molar-refractivity contribution in [2.24, 2.45) is 0 Å². The fourth-order valence-electron chi connectivity index (χ4n) is 1.14. The van der Waals surface area contributed by atoms with Crippen LogP contribution >= 0.6 is 11.8 Å². The quantitative estimate of drug-likeness (QED) is 0.474. The highest BCUT2D eigenvalue weighted by molar-refractivity contribution is 7.99. The van der Waals surface area contributed by atoms with E-state index < -0.39 is 0 Å². The van der Waals surface area contributed by atoms with Gasteiger partial charge in [0.15, 0.2) is 0 Å². The normalized spacial score (nSPS) is 9.87. The summed E-state index contributed by atoms with van der Waals surface area (Å²) in [4.78, 5) is 0.911. The smallest absolute Gasteiger partial charge is 0.125 e. The zero-order valence-electron chi connectivity index (χ0n) is 8.37. The Balaban J connectivity index is 2.35. The molecule has 0 bridgehead atoms. The number of nitrogen functional groups attached to an aromatic ring is 1. The van der Waals surface area contributed by atoms with Crippen LogP contribution in [0.3, 0.4) is 0 Å². The molecule has 0 radical (unpaired) electrons. The number of hydrogen-bond acceptors (Lipinski definition) is 3. The van der Waals surface area contributed by atoms with Gasteiger partial charge in [-0.3, -0.25) is 0 Å². The molecule has 80 valence electrons. The molecule has 4 heteroatoms. The fraction of sp³-hybridized carbons (Fsp3) is 0.364. The lowest BCUT2D eigenvalue weighted by Gasteiger charge is -2.04. The Morgan fingerprint density at radius 2 is 2.20 bits per heavy atom. The van der Waals surface area contributed by atoms with Gasteiger partial charge in [-0.15, -0.1) is 11.8 Å². The molecule has 2 nitrogen and oxygen atoms in total. The molecule has 0 amide bonds. The fourth-order valence-corrected chi connectivity index (χ4v) is 2.10. The number of thioether (sulfide) groups is 1. The lowest BCUT2D eigenvalue weighted by atomic mass is 10.3. The topological polar surface area (TPSA) is 49.8 Å². The number of nitrogens with two attached hydrogens (primary N) is 1. The highest BCUT2D eigenvalue weighted by Crippen LogP contribution is 2.26. The van der Waals surface area contributed by atoms with Gasteiger partial charge in [-0.05, 0) is 36.8 Å². The molecule has 1 aromatic rings. The molecule has 0 aromatic heterocycles. The second-order valence-corrected chi connectivity index (χ2v) is 4.28. The third-order valence-electron chi connectivity index (χ3n) is 1.91. The van der Waals surface area contributed by atoms with E-state index in [1.165, 1.54) is 12.1 Å². The van der Waals surface area contributed by atoms with Gasteiger partial charge < -0.3 is 5.73 Å². The van der Waals surface area contributed by atoms with Crippen LogP contribution in [0.15, 0.2) is 23.1 Å². The summed E-state index contributed by atoms with van der Waals surface area (Å²) in [5.74, 6) is 0.610. The molecule has 15 heavy (non-hydrogen) atoms. The Kier molecular flexibility index (Phi) is 4.99. The molecule has 0 aliphatic heterocycles. The zero-order chi connectivity index (χ0) is 11.1. The van der Waals surface area contributed by atoms with Crippen LogP contribution in [-0.4, -0.2) is 5.75 Å². The molecule has 0 unspecified atom stereocenters. The summed E-state index contributed by atoms with van der Waals surface area (Å²) in [7, 11) is 0. The molecule has 2 N–H and O–H groups in total. The van der Waals surface area contributed by atoms with E-state index in [2.05, 4.69) is 6.07 Å². The van der Waals surface area contributed by atoms with Crippen LogP contribution in [0.5, 0.6) is 0 Å². The third-order valence-corrected chi connectivity index (χ3v) is 3.09. The van der Waals surface area contributed by atoms with Crippen molar-refractivity contribution in [3.63, 3.8) is 0 Å². The minimum absolute atomic E-state index is 0.304. The largest absolute Gasteiger partial charge is 0.398 e. The highest BCUT2D eigenvalue weighted by atomic mass is 32.2. The Bertz CT molecular complexity index is 360. The average Bonchev–Trinajstić information content (AvgIpc) is 2.20. The van der Waals surface area contributed by atoms with Gasteiger partial charge in [0, 0.05) is 17.0 Å². The van der Waals surface area contributed by atoms with Crippen LogP contribution in [0.25, 0.3) is 0 Å². The van der Waals surface area contributed by atoms with Gasteiger partial charge in [0.05, 0.1) is 6.07 Å². The Morgan fingerprint density at radius 1 is 1.40 bits per heavy atom. The van der Waals surface area contributed by atoms with E-state index in [-0.39, 0.29) is 5.82 Å². The van der Waals surface area contributed by atoms with E-state index in [9.17, 15) is 4.39 Å². The van der Waals surface area contributed by atoms with Crippen LogP contribution < -0.4 is 5.73 Å². The highest BCUT2D eigenvalue weighted by Gasteiger charge is 2.00. The van der Waals surface area contributed by atoms with E-state index in [1.54, 1.807) is 17.8 Å². The molecule has 0 aliphatic rings. The van der Waals surface area contributed by atoms with Crippen LogP contribution in [0.2, 0.25) is 0 Å². The summed E-state index contributed by atoms with van der Waals surface area (Å²) in [6.45, 7) is 0. The molecule has 0 saturated heterocycles. The predicted molar refractivity (Wildman–Crippen MR) is 61.0 cm³/mol. The van der Waals surface area contributed by atoms with Crippen molar-refractivity contribution in [2.45, 2.75) is 24.2 Å². The summed E-state index contributed by atoms with van der Waals surface area (Å²) in [5, 5.41) is 8.34. The average molecular weight is 224 g/mol.